The molecule has 27 heavy (non-hydrogen) atoms. The van der Waals surface area contributed by atoms with Gasteiger partial charge in [0, 0.05) is 12.1 Å². The van der Waals surface area contributed by atoms with Crippen molar-refractivity contribution >= 4 is 11.8 Å². The lowest BCUT2D eigenvalue weighted by molar-refractivity contribution is -0.123. The second-order valence-corrected chi connectivity index (χ2v) is 7.50. The molecule has 2 N–H and O–H groups in total. The Hall–Kier alpha value is -2.62. The highest BCUT2D eigenvalue weighted by Crippen LogP contribution is 2.15. The molecule has 0 radical (unpaired) electrons. The standard InChI is InChI=1S/C23H30N2O2/c1-16(2)19-10-12-20(13-11-19)22(26)25-21(17(3)4)23(27)24-15-14-18-8-6-5-7-9-18/h5-13,16-17,21H,14-15H2,1-4H3,(H,24,27)(H,25,26). The third-order valence-electron chi connectivity index (χ3n) is 4.63. The van der Waals surface area contributed by atoms with Crippen molar-refractivity contribution in [3.05, 3.63) is 71.3 Å². The molecule has 0 spiro atoms. The summed E-state index contributed by atoms with van der Waals surface area (Å²) in [7, 11) is 0. The van der Waals surface area contributed by atoms with Gasteiger partial charge in [-0.05, 0) is 41.5 Å². The molecule has 0 aromatic heterocycles. The third-order valence-corrected chi connectivity index (χ3v) is 4.63. The minimum Gasteiger partial charge on any atom is -0.354 e. The van der Waals surface area contributed by atoms with Crippen LogP contribution in [0.5, 0.6) is 0 Å². The first kappa shape index (κ1) is 20.7. The minimum absolute atomic E-state index is 0.000567. The van der Waals surface area contributed by atoms with Gasteiger partial charge in [-0.25, -0.2) is 0 Å². The normalized spacial score (nSPS) is 12.1. The molecule has 2 amide bonds. The second-order valence-electron chi connectivity index (χ2n) is 7.50. The fourth-order valence-electron chi connectivity index (χ4n) is 2.86. The van der Waals surface area contributed by atoms with Crippen molar-refractivity contribution in [1.82, 2.24) is 10.6 Å². The van der Waals surface area contributed by atoms with Crippen LogP contribution in [-0.4, -0.2) is 24.4 Å². The maximum atomic E-state index is 12.6. The van der Waals surface area contributed by atoms with Crippen LogP contribution in [0.1, 0.15) is 55.1 Å². The Morgan fingerprint density at radius 1 is 0.889 bits per heavy atom. The van der Waals surface area contributed by atoms with E-state index >= 15 is 0 Å². The van der Waals surface area contributed by atoms with E-state index in [1.165, 1.54) is 11.1 Å². The highest BCUT2D eigenvalue weighted by Gasteiger charge is 2.24. The van der Waals surface area contributed by atoms with Crippen molar-refractivity contribution in [1.29, 1.82) is 0 Å². The van der Waals surface area contributed by atoms with Gasteiger partial charge in [0.25, 0.3) is 5.91 Å². The Bertz CT molecular complexity index is 737. The van der Waals surface area contributed by atoms with Crippen LogP contribution in [-0.2, 0) is 11.2 Å². The molecule has 2 aromatic carbocycles. The maximum absolute atomic E-state index is 12.6. The number of nitrogens with one attached hydrogen (secondary N) is 2. The van der Waals surface area contributed by atoms with E-state index < -0.39 is 6.04 Å². The molecule has 0 aliphatic heterocycles. The fourth-order valence-corrected chi connectivity index (χ4v) is 2.86. The van der Waals surface area contributed by atoms with Gasteiger partial charge < -0.3 is 10.6 Å². The molecule has 2 aromatic rings. The number of carbonyl (C=O) groups is 2. The van der Waals surface area contributed by atoms with Crippen LogP contribution in [0, 0.1) is 5.92 Å². The van der Waals surface area contributed by atoms with Gasteiger partial charge in [-0.15, -0.1) is 0 Å². The van der Waals surface area contributed by atoms with Gasteiger partial charge in [0.1, 0.15) is 6.04 Å². The zero-order valence-corrected chi connectivity index (χ0v) is 16.7. The van der Waals surface area contributed by atoms with Crippen LogP contribution in [0.15, 0.2) is 54.6 Å². The van der Waals surface area contributed by atoms with Crippen molar-refractivity contribution in [2.24, 2.45) is 5.92 Å². The van der Waals surface area contributed by atoms with Crippen LogP contribution in [0.3, 0.4) is 0 Å². The summed E-state index contributed by atoms with van der Waals surface area (Å²) in [6, 6.07) is 17.0. The molecular formula is C23H30N2O2. The third kappa shape index (κ3) is 6.24. The molecule has 0 bridgehead atoms. The van der Waals surface area contributed by atoms with Crippen molar-refractivity contribution in [2.45, 2.75) is 46.1 Å². The van der Waals surface area contributed by atoms with Gasteiger partial charge in [0.2, 0.25) is 5.91 Å². The van der Waals surface area contributed by atoms with Crippen molar-refractivity contribution in [3.8, 4) is 0 Å². The molecule has 144 valence electrons. The zero-order chi connectivity index (χ0) is 19.8. The summed E-state index contributed by atoms with van der Waals surface area (Å²) >= 11 is 0. The number of carbonyl (C=O) groups excluding carboxylic acids is 2. The van der Waals surface area contributed by atoms with E-state index in [0.29, 0.717) is 18.0 Å². The Morgan fingerprint density at radius 2 is 1.52 bits per heavy atom. The highest BCUT2D eigenvalue weighted by atomic mass is 16.2. The summed E-state index contributed by atoms with van der Waals surface area (Å²) in [5, 5.41) is 5.82. The predicted molar refractivity (Wildman–Crippen MR) is 110 cm³/mol. The molecule has 1 atom stereocenters. The summed E-state index contributed by atoms with van der Waals surface area (Å²) < 4.78 is 0. The molecular weight excluding hydrogens is 336 g/mol. The molecule has 0 aliphatic carbocycles. The molecule has 0 saturated heterocycles. The van der Waals surface area contributed by atoms with E-state index in [1.54, 1.807) is 0 Å². The quantitative estimate of drug-likeness (QED) is 0.744. The molecule has 4 nitrogen and oxygen atoms in total. The van der Waals surface area contributed by atoms with Gasteiger partial charge in [-0.2, -0.15) is 0 Å². The number of hydrogen-bond donors (Lipinski definition) is 2. The summed E-state index contributed by atoms with van der Waals surface area (Å²) in [5.41, 5.74) is 2.93. The average molecular weight is 367 g/mol. The Kier molecular flexibility index (Phi) is 7.59. The highest BCUT2D eigenvalue weighted by molar-refractivity contribution is 5.97. The van der Waals surface area contributed by atoms with Crippen LogP contribution >= 0.6 is 0 Å². The lowest BCUT2D eigenvalue weighted by Gasteiger charge is -2.22. The van der Waals surface area contributed by atoms with Gasteiger partial charge in [-0.3, -0.25) is 9.59 Å². The lowest BCUT2D eigenvalue weighted by atomic mass is 10.0. The lowest BCUT2D eigenvalue weighted by Crippen LogP contribution is -2.50. The molecule has 0 heterocycles. The summed E-state index contributed by atoms with van der Waals surface area (Å²) in [5.74, 6) is 0.0526. The number of rotatable bonds is 8. The van der Waals surface area contributed by atoms with Gasteiger partial charge in [-0.1, -0.05) is 70.2 Å². The zero-order valence-electron chi connectivity index (χ0n) is 16.7. The van der Waals surface area contributed by atoms with Crippen molar-refractivity contribution in [3.63, 3.8) is 0 Å². The first-order valence-corrected chi connectivity index (χ1v) is 9.61. The Labute approximate surface area is 162 Å². The fraction of sp³-hybridized carbons (Fsp3) is 0.391. The summed E-state index contributed by atoms with van der Waals surface area (Å²) in [6.45, 7) is 8.64. The maximum Gasteiger partial charge on any atom is 0.251 e. The van der Waals surface area contributed by atoms with E-state index in [1.807, 2.05) is 68.4 Å². The van der Waals surface area contributed by atoms with Crippen molar-refractivity contribution < 1.29 is 9.59 Å². The largest absolute Gasteiger partial charge is 0.354 e. The van der Waals surface area contributed by atoms with Gasteiger partial charge in [0.15, 0.2) is 0 Å². The van der Waals surface area contributed by atoms with Crippen LogP contribution < -0.4 is 10.6 Å². The summed E-state index contributed by atoms with van der Waals surface area (Å²) in [4.78, 5) is 25.1. The second kappa shape index (κ2) is 9.91. The van der Waals surface area contributed by atoms with E-state index in [4.69, 9.17) is 0 Å². The molecule has 0 fully saturated rings. The first-order valence-electron chi connectivity index (χ1n) is 9.61. The molecule has 1 unspecified atom stereocenters. The SMILES string of the molecule is CC(C)c1ccc(C(=O)NC(C(=O)NCCc2ccccc2)C(C)C)cc1. The number of hydrogen-bond acceptors (Lipinski definition) is 2. The van der Waals surface area contributed by atoms with E-state index in [9.17, 15) is 9.59 Å². The Morgan fingerprint density at radius 3 is 2.07 bits per heavy atom. The van der Waals surface area contributed by atoms with E-state index in [-0.39, 0.29) is 17.7 Å². The molecule has 0 saturated carbocycles. The number of amides is 2. The average Bonchev–Trinajstić information content (AvgIpc) is 2.66. The van der Waals surface area contributed by atoms with Crippen LogP contribution in [0.4, 0.5) is 0 Å². The monoisotopic (exact) mass is 366 g/mol. The number of benzene rings is 2. The van der Waals surface area contributed by atoms with Gasteiger partial charge in [0.05, 0.1) is 0 Å². The van der Waals surface area contributed by atoms with E-state index in [0.717, 1.165) is 6.42 Å². The first-order chi connectivity index (χ1) is 12.9. The van der Waals surface area contributed by atoms with Crippen LogP contribution in [0.25, 0.3) is 0 Å². The summed E-state index contributed by atoms with van der Waals surface area (Å²) in [6.07, 6.45) is 0.766. The van der Waals surface area contributed by atoms with Crippen molar-refractivity contribution in [2.75, 3.05) is 6.54 Å². The van der Waals surface area contributed by atoms with Gasteiger partial charge >= 0.3 is 0 Å². The topological polar surface area (TPSA) is 58.2 Å². The Balaban J connectivity index is 1.93. The van der Waals surface area contributed by atoms with E-state index in [2.05, 4.69) is 24.5 Å². The molecule has 0 aliphatic rings. The van der Waals surface area contributed by atoms with Crippen LogP contribution in [0.2, 0.25) is 0 Å². The molecule has 2 rings (SSSR count). The predicted octanol–water partition coefficient (Wildman–Crippen LogP) is 3.92. The smallest absolute Gasteiger partial charge is 0.251 e. The minimum atomic E-state index is -0.557. The molecule has 4 heteroatoms.